The van der Waals surface area contributed by atoms with Crippen molar-refractivity contribution in [3.8, 4) is 11.1 Å². The number of hydrogen-bond acceptors (Lipinski definition) is 5. The molecule has 0 radical (unpaired) electrons. The number of nitrogen functional groups attached to an aromatic ring is 1. The quantitative estimate of drug-likeness (QED) is 0.737. The van der Waals surface area contributed by atoms with E-state index in [0.29, 0.717) is 11.9 Å². The average Bonchev–Trinajstić information content (AvgIpc) is 2.70. The van der Waals surface area contributed by atoms with Gasteiger partial charge in [0.25, 0.3) is 0 Å². The highest BCUT2D eigenvalue weighted by Gasteiger charge is 2.25. The molecule has 138 valence electrons. The molecule has 0 amide bonds. The molecule has 1 aliphatic rings. The summed E-state index contributed by atoms with van der Waals surface area (Å²) in [6, 6.07) is 13.9. The number of hydrogen-bond donors (Lipinski definition) is 1. The fourth-order valence-corrected chi connectivity index (χ4v) is 3.84. The van der Waals surface area contributed by atoms with Crippen LogP contribution in [0.4, 0.5) is 5.95 Å². The van der Waals surface area contributed by atoms with Crippen molar-refractivity contribution >= 4 is 17.5 Å². The van der Waals surface area contributed by atoms with Gasteiger partial charge in [0.15, 0.2) is 0 Å². The molecule has 2 aromatic heterocycles. The summed E-state index contributed by atoms with van der Waals surface area (Å²) in [6.07, 6.45) is 5.90. The Bertz CT molecular complexity index is 898. The zero-order chi connectivity index (χ0) is 18.6. The fourth-order valence-electron chi connectivity index (χ4n) is 3.72. The van der Waals surface area contributed by atoms with Crippen LogP contribution in [0.1, 0.15) is 30.1 Å². The minimum Gasteiger partial charge on any atom is -0.368 e. The SMILES string of the molecule is Nc1ncc(-c2ccc(Cl)cc2)c([C@@H]2CCCN(Cc3ccccn3)C2)n1. The van der Waals surface area contributed by atoms with Gasteiger partial charge in [0.2, 0.25) is 5.95 Å². The molecule has 6 heteroatoms. The van der Waals surface area contributed by atoms with E-state index >= 15 is 0 Å². The standard InChI is InChI=1S/C21H22ClN5/c22-17-8-6-15(7-9-17)19-12-25-21(23)26-20(19)16-4-3-11-27(13-16)14-18-5-1-2-10-24-18/h1-2,5-10,12,16H,3-4,11,13-14H2,(H2,23,25,26)/t16-/m1/s1. The molecule has 3 aromatic rings. The maximum Gasteiger partial charge on any atom is 0.220 e. The number of anilines is 1. The van der Waals surface area contributed by atoms with Crippen molar-refractivity contribution in [3.05, 3.63) is 71.3 Å². The second-order valence-corrected chi connectivity index (χ2v) is 7.37. The van der Waals surface area contributed by atoms with Crippen LogP contribution in [0.2, 0.25) is 5.02 Å². The Morgan fingerprint density at radius 1 is 1.11 bits per heavy atom. The minimum atomic E-state index is 0.318. The number of likely N-dealkylation sites (tertiary alicyclic amines) is 1. The van der Waals surface area contributed by atoms with E-state index in [1.165, 1.54) is 0 Å². The fraction of sp³-hybridized carbons (Fsp3) is 0.286. The topological polar surface area (TPSA) is 67.9 Å². The summed E-state index contributed by atoms with van der Waals surface area (Å²) < 4.78 is 0. The van der Waals surface area contributed by atoms with Gasteiger partial charge < -0.3 is 5.73 Å². The third-order valence-electron chi connectivity index (χ3n) is 5.00. The molecule has 1 fully saturated rings. The number of benzene rings is 1. The van der Waals surface area contributed by atoms with Crippen molar-refractivity contribution in [1.82, 2.24) is 19.9 Å². The summed E-state index contributed by atoms with van der Waals surface area (Å²) in [7, 11) is 0. The first-order valence-corrected chi connectivity index (χ1v) is 9.57. The molecule has 1 aliphatic heterocycles. The third-order valence-corrected chi connectivity index (χ3v) is 5.25. The number of nitrogens with zero attached hydrogens (tertiary/aromatic N) is 4. The van der Waals surface area contributed by atoms with E-state index in [1.807, 2.05) is 48.8 Å². The van der Waals surface area contributed by atoms with Gasteiger partial charge in [0, 0.05) is 42.0 Å². The summed E-state index contributed by atoms with van der Waals surface area (Å²) in [6.45, 7) is 2.87. The van der Waals surface area contributed by atoms with Gasteiger partial charge in [-0.1, -0.05) is 29.8 Å². The lowest BCUT2D eigenvalue weighted by atomic mass is 9.90. The first-order valence-electron chi connectivity index (χ1n) is 9.19. The maximum absolute atomic E-state index is 6.05. The molecule has 1 aromatic carbocycles. The number of rotatable bonds is 4. The lowest BCUT2D eigenvalue weighted by Gasteiger charge is -2.33. The first-order chi connectivity index (χ1) is 13.2. The van der Waals surface area contributed by atoms with Crippen LogP contribution in [-0.2, 0) is 6.54 Å². The Kier molecular flexibility index (Phi) is 5.32. The number of piperidine rings is 1. The van der Waals surface area contributed by atoms with E-state index in [-0.39, 0.29) is 0 Å². The van der Waals surface area contributed by atoms with Gasteiger partial charge in [-0.3, -0.25) is 9.88 Å². The highest BCUT2D eigenvalue weighted by Crippen LogP contribution is 2.34. The first kappa shape index (κ1) is 17.9. The molecule has 0 aliphatic carbocycles. The predicted molar refractivity (Wildman–Crippen MR) is 108 cm³/mol. The van der Waals surface area contributed by atoms with E-state index < -0.39 is 0 Å². The highest BCUT2D eigenvalue weighted by atomic mass is 35.5. The van der Waals surface area contributed by atoms with Gasteiger partial charge >= 0.3 is 0 Å². The van der Waals surface area contributed by atoms with Gasteiger partial charge in [0.1, 0.15) is 0 Å². The van der Waals surface area contributed by atoms with Crippen LogP contribution in [-0.4, -0.2) is 32.9 Å². The Morgan fingerprint density at radius 3 is 2.74 bits per heavy atom. The molecule has 0 unspecified atom stereocenters. The second kappa shape index (κ2) is 8.03. The van der Waals surface area contributed by atoms with Gasteiger partial charge in [0.05, 0.1) is 11.4 Å². The van der Waals surface area contributed by atoms with Crippen LogP contribution in [0.15, 0.2) is 54.9 Å². The Balaban J connectivity index is 1.60. The lowest BCUT2D eigenvalue weighted by molar-refractivity contribution is 0.196. The number of pyridine rings is 1. The predicted octanol–water partition coefficient (Wildman–Crippen LogP) is 4.15. The minimum absolute atomic E-state index is 0.318. The highest BCUT2D eigenvalue weighted by molar-refractivity contribution is 6.30. The number of aromatic nitrogens is 3. The lowest BCUT2D eigenvalue weighted by Crippen LogP contribution is -2.34. The van der Waals surface area contributed by atoms with Crippen LogP contribution in [0.5, 0.6) is 0 Å². The summed E-state index contributed by atoms with van der Waals surface area (Å²) >= 11 is 6.05. The van der Waals surface area contributed by atoms with Crippen molar-refractivity contribution < 1.29 is 0 Å². The smallest absolute Gasteiger partial charge is 0.220 e. The average molecular weight is 380 g/mol. The summed E-state index contributed by atoms with van der Waals surface area (Å²) in [4.78, 5) is 15.8. The zero-order valence-corrected chi connectivity index (χ0v) is 15.8. The number of halogens is 1. The van der Waals surface area contributed by atoms with E-state index in [9.17, 15) is 0 Å². The zero-order valence-electron chi connectivity index (χ0n) is 15.1. The Hall–Kier alpha value is -2.50. The second-order valence-electron chi connectivity index (χ2n) is 6.93. The van der Waals surface area contributed by atoms with Gasteiger partial charge in [-0.05, 0) is 49.2 Å². The number of nitrogens with two attached hydrogens (primary N) is 1. The molecule has 0 bridgehead atoms. The van der Waals surface area contributed by atoms with Gasteiger partial charge in [-0.25, -0.2) is 9.97 Å². The van der Waals surface area contributed by atoms with Crippen molar-refractivity contribution in [3.63, 3.8) is 0 Å². The molecule has 0 spiro atoms. The van der Waals surface area contributed by atoms with Crippen LogP contribution in [0.25, 0.3) is 11.1 Å². The molecule has 4 rings (SSSR count). The van der Waals surface area contributed by atoms with E-state index in [2.05, 4.69) is 25.9 Å². The summed E-state index contributed by atoms with van der Waals surface area (Å²) in [5, 5.41) is 0.718. The molecule has 0 saturated carbocycles. The van der Waals surface area contributed by atoms with E-state index in [0.717, 1.165) is 60.0 Å². The third kappa shape index (κ3) is 4.26. The van der Waals surface area contributed by atoms with Crippen LogP contribution in [0.3, 0.4) is 0 Å². The summed E-state index contributed by atoms with van der Waals surface area (Å²) in [5.74, 6) is 0.642. The summed E-state index contributed by atoms with van der Waals surface area (Å²) in [5.41, 5.74) is 10.1. The molecule has 1 atom stereocenters. The van der Waals surface area contributed by atoms with E-state index in [4.69, 9.17) is 17.3 Å². The van der Waals surface area contributed by atoms with Crippen LogP contribution in [0, 0.1) is 0 Å². The maximum atomic E-state index is 6.05. The largest absolute Gasteiger partial charge is 0.368 e. The Labute approximate surface area is 164 Å². The van der Waals surface area contributed by atoms with E-state index in [1.54, 1.807) is 0 Å². The molecule has 5 nitrogen and oxygen atoms in total. The van der Waals surface area contributed by atoms with Crippen molar-refractivity contribution in [2.45, 2.75) is 25.3 Å². The van der Waals surface area contributed by atoms with Crippen molar-refractivity contribution in [2.24, 2.45) is 0 Å². The molecule has 2 N–H and O–H groups in total. The van der Waals surface area contributed by atoms with Gasteiger partial charge in [-0.2, -0.15) is 0 Å². The monoisotopic (exact) mass is 379 g/mol. The molecule has 3 heterocycles. The molecule has 1 saturated heterocycles. The van der Waals surface area contributed by atoms with Crippen molar-refractivity contribution in [2.75, 3.05) is 18.8 Å². The normalized spacial score (nSPS) is 17.7. The molecule has 27 heavy (non-hydrogen) atoms. The van der Waals surface area contributed by atoms with Crippen LogP contribution < -0.4 is 5.73 Å². The van der Waals surface area contributed by atoms with Crippen LogP contribution >= 0.6 is 11.6 Å². The molecular formula is C21H22ClN5. The molecular weight excluding hydrogens is 358 g/mol. The van der Waals surface area contributed by atoms with Crippen molar-refractivity contribution in [1.29, 1.82) is 0 Å². The Morgan fingerprint density at radius 2 is 1.96 bits per heavy atom. The van der Waals surface area contributed by atoms with Gasteiger partial charge in [-0.15, -0.1) is 0 Å².